The Bertz CT molecular complexity index is 731. The van der Waals surface area contributed by atoms with Crippen molar-refractivity contribution in [3.8, 4) is 0 Å². The third-order valence-electron chi connectivity index (χ3n) is 3.38. The highest BCUT2D eigenvalue weighted by Crippen LogP contribution is 2.23. The average Bonchev–Trinajstić information content (AvgIpc) is 3.01. The fourth-order valence-corrected chi connectivity index (χ4v) is 2.01. The SMILES string of the molecule is CNC(=O)c1ccccc1NCC(=O)Nc1cc(C(C)(C)C)no1. The summed E-state index contributed by atoms with van der Waals surface area (Å²) < 4.78 is 5.12. The number of carbonyl (C=O) groups excluding carboxylic acids is 2. The first kappa shape index (κ1) is 17.5. The molecule has 2 amide bonds. The molecule has 0 spiro atoms. The summed E-state index contributed by atoms with van der Waals surface area (Å²) in [7, 11) is 1.56. The second-order valence-electron chi connectivity index (χ2n) is 6.35. The number of carbonyl (C=O) groups is 2. The molecule has 0 unspecified atom stereocenters. The summed E-state index contributed by atoms with van der Waals surface area (Å²) in [6, 6.07) is 8.68. The van der Waals surface area contributed by atoms with E-state index in [1.165, 1.54) is 0 Å². The van der Waals surface area contributed by atoms with E-state index >= 15 is 0 Å². The first-order valence-corrected chi connectivity index (χ1v) is 7.63. The van der Waals surface area contributed by atoms with Crippen LogP contribution in [0, 0.1) is 0 Å². The largest absolute Gasteiger partial charge is 0.375 e. The van der Waals surface area contributed by atoms with Gasteiger partial charge in [0.15, 0.2) is 0 Å². The van der Waals surface area contributed by atoms with Gasteiger partial charge in [-0.1, -0.05) is 38.1 Å². The zero-order valence-electron chi connectivity index (χ0n) is 14.3. The number of para-hydroxylation sites is 1. The van der Waals surface area contributed by atoms with Crippen LogP contribution in [-0.2, 0) is 10.2 Å². The van der Waals surface area contributed by atoms with Crippen molar-refractivity contribution in [1.82, 2.24) is 10.5 Å². The number of nitrogens with one attached hydrogen (secondary N) is 3. The lowest BCUT2D eigenvalue weighted by Crippen LogP contribution is -2.24. The van der Waals surface area contributed by atoms with E-state index in [9.17, 15) is 9.59 Å². The van der Waals surface area contributed by atoms with Gasteiger partial charge in [-0.3, -0.25) is 14.9 Å². The van der Waals surface area contributed by atoms with E-state index in [-0.39, 0.29) is 23.8 Å². The molecule has 24 heavy (non-hydrogen) atoms. The van der Waals surface area contributed by atoms with E-state index in [1.807, 2.05) is 20.8 Å². The van der Waals surface area contributed by atoms with Crippen LogP contribution in [0.2, 0.25) is 0 Å². The minimum absolute atomic E-state index is 0.000438. The van der Waals surface area contributed by atoms with Gasteiger partial charge in [0.2, 0.25) is 11.8 Å². The van der Waals surface area contributed by atoms with E-state index < -0.39 is 0 Å². The van der Waals surface area contributed by atoms with Gasteiger partial charge in [-0.15, -0.1) is 0 Å². The molecular formula is C17H22N4O3. The third-order valence-corrected chi connectivity index (χ3v) is 3.38. The Kier molecular flexibility index (Phi) is 5.23. The highest BCUT2D eigenvalue weighted by atomic mass is 16.5. The number of aromatic nitrogens is 1. The predicted molar refractivity (Wildman–Crippen MR) is 92.2 cm³/mol. The van der Waals surface area contributed by atoms with Gasteiger partial charge in [0.05, 0.1) is 17.8 Å². The van der Waals surface area contributed by atoms with E-state index in [2.05, 4.69) is 21.1 Å². The highest BCUT2D eigenvalue weighted by Gasteiger charge is 2.19. The molecule has 7 heteroatoms. The zero-order chi connectivity index (χ0) is 17.7. The summed E-state index contributed by atoms with van der Waals surface area (Å²) in [6.07, 6.45) is 0. The lowest BCUT2D eigenvalue weighted by Gasteiger charge is -2.12. The second kappa shape index (κ2) is 7.16. The van der Waals surface area contributed by atoms with Crippen molar-refractivity contribution >= 4 is 23.4 Å². The molecule has 0 aliphatic rings. The monoisotopic (exact) mass is 330 g/mol. The molecule has 0 aliphatic carbocycles. The fraction of sp³-hybridized carbons (Fsp3) is 0.353. The number of nitrogens with zero attached hydrogens (tertiary/aromatic N) is 1. The summed E-state index contributed by atoms with van der Waals surface area (Å²) in [6.45, 7) is 6.02. The molecule has 0 atom stereocenters. The lowest BCUT2D eigenvalue weighted by molar-refractivity contribution is -0.114. The molecule has 0 bridgehead atoms. The Morgan fingerprint density at radius 2 is 1.92 bits per heavy atom. The van der Waals surface area contributed by atoms with Crippen LogP contribution in [0.4, 0.5) is 11.6 Å². The molecule has 1 aromatic carbocycles. The Morgan fingerprint density at radius 1 is 1.21 bits per heavy atom. The molecule has 0 fully saturated rings. The van der Waals surface area contributed by atoms with Crippen LogP contribution in [0.5, 0.6) is 0 Å². The van der Waals surface area contributed by atoms with E-state index in [4.69, 9.17) is 4.52 Å². The average molecular weight is 330 g/mol. The van der Waals surface area contributed by atoms with E-state index in [0.717, 1.165) is 5.69 Å². The van der Waals surface area contributed by atoms with Gasteiger partial charge in [-0.25, -0.2) is 0 Å². The molecule has 1 heterocycles. The molecule has 0 saturated carbocycles. The summed E-state index contributed by atoms with van der Waals surface area (Å²) in [5.74, 6) is -0.215. The summed E-state index contributed by atoms with van der Waals surface area (Å²) >= 11 is 0. The lowest BCUT2D eigenvalue weighted by atomic mass is 9.92. The Morgan fingerprint density at radius 3 is 2.54 bits per heavy atom. The van der Waals surface area contributed by atoms with Crippen LogP contribution in [0.1, 0.15) is 36.8 Å². The van der Waals surface area contributed by atoms with E-state index in [0.29, 0.717) is 17.1 Å². The van der Waals surface area contributed by atoms with Gasteiger partial charge in [0.25, 0.3) is 5.91 Å². The normalized spacial score (nSPS) is 11.0. The van der Waals surface area contributed by atoms with Crippen LogP contribution in [0.15, 0.2) is 34.9 Å². The summed E-state index contributed by atoms with van der Waals surface area (Å²) in [4.78, 5) is 23.8. The van der Waals surface area contributed by atoms with Crippen LogP contribution in [0.25, 0.3) is 0 Å². The van der Waals surface area contributed by atoms with Gasteiger partial charge < -0.3 is 15.2 Å². The van der Waals surface area contributed by atoms with Crippen molar-refractivity contribution in [2.45, 2.75) is 26.2 Å². The number of hydrogen-bond acceptors (Lipinski definition) is 5. The maximum absolute atomic E-state index is 12.0. The van der Waals surface area contributed by atoms with Gasteiger partial charge in [-0.2, -0.15) is 0 Å². The van der Waals surface area contributed by atoms with Crippen molar-refractivity contribution in [3.05, 3.63) is 41.6 Å². The van der Waals surface area contributed by atoms with Gasteiger partial charge in [0, 0.05) is 24.2 Å². The van der Waals surface area contributed by atoms with Crippen LogP contribution >= 0.6 is 0 Å². The molecule has 0 radical (unpaired) electrons. The second-order valence-corrected chi connectivity index (χ2v) is 6.35. The van der Waals surface area contributed by atoms with Gasteiger partial charge >= 0.3 is 0 Å². The van der Waals surface area contributed by atoms with Crippen LogP contribution < -0.4 is 16.0 Å². The number of anilines is 2. The number of hydrogen-bond donors (Lipinski definition) is 3. The molecule has 128 valence electrons. The smallest absolute Gasteiger partial charge is 0.253 e. The molecule has 0 aliphatic heterocycles. The Labute approximate surface area is 140 Å². The third kappa shape index (κ3) is 4.34. The number of benzene rings is 1. The maximum Gasteiger partial charge on any atom is 0.253 e. The van der Waals surface area contributed by atoms with E-state index in [1.54, 1.807) is 37.4 Å². The Balaban J connectivity index is 1.97. The molecule has 1 aromatic heterocycles. The van der Waals surface area contributed by atoms with Gasteiger partial charge in [0.1, 0.15) is 0 Å². The Hall–Kier alpha value is -2.83. The first-order valence-electron chi connectivity index (χ1n) is 7.63. The quantitative estimate of drug-likeness (QED) is 0.782. The number of rotatable bonds is 5. The zero-order valence-corrected chi connectivity index (χ0v) is 14.3. The van der Waals surface area contributed by atoms with Crippen LogP contribution in [-0.4, -0.2) is 30.6 Å². The summed E-state index contributed by atoms with van der Waals surface area (Å²) in [5, 5.41) is 12.1. The molecule has 0 saturated heterocycles. The molecule has 2 aromatic rings. The minimum atomic E-state index is -0.293. The molecule has 7 nitrogen and oxygen atoms in total. The van der Waals surface area contributed by atoms with Crippen LogP contribution in [0.3, 0.4) is 0 Å². The molecular weight excluding hydrogens is 308 g/mol. The summed E-state index contributed by atoms with van der Waals surface area (Å²) in [5.41, 5.74) is 1.66. The standard InChI is InChI=1S/C17H22N4O3/c1-17(2,3)13-9-15(24-21-13)20-14(22)10-19-12-8-6-5-7-11(12)16(23)18-4/h5-9,19H,10H2,1-4H3,(H,18,23)(H,20,22). The van der Waals surface area contributed by atoms with Gasteiger partial charge in [-0.05, 0) is 12.1 Å². The number of amides is 2. The molecule has 3 N–H and O–H groups in total. The minimum Gasteiger partial charge on any atom is -0.375 e. The van der Waals surface area contributed by atoms with Crippen molar-refractivity contribution in [3.63, 3.8) is 0 Å². The van der Waals surface area contributed by atoms with Crippen molar-refractivity contribution in [2.24, 2.45) is 0 Å². The van der Waals surface area contributed by atoms with Crippen molar-refractivity contribution < 1.29 is 14.1 Å². The molecule has 2 rings (SSSR count). The van der Waals surface area contributed by atoms with Crippen molar-refractivity contribution in [1.29, 1.82) is 0 Å². The van der Waals surface area contributed by atoms with Crippen molar-refractivity contribution in [2.75, 3.05) is 24.2 Å². The predicted octanol–water partition coefficient (Wildman–Crippen LogP) is 2.38. The fourth-order valence-electron chi connectivity index (χ4n) is 2.01. The first-order chi connectivity index (χ1) is 11.3. The highest BCUT2D eigenvalue weighted by molar-refractivity contribution is 6.00. The maximum atomic E-state index is 12.0. The topological polar surface area (TPSA) is 96.3 Å².